The maximum absolute atomic E-state index is 13.0. The highest BCUT2D eigenvalue weighted by Gasteiger charge is 2.14. The molecule has 0 radical (unpaired) electrons. The second kappa shape index (κ2) is 9.44. The predicted octanol–water partition coefficient (Wildman–Crippen LogP) is 5.56. The van der Waals surface area contributed by atoms with E-state index in [-0.39, 0.29) is 5.91 Å². The summed E-state index contributed by atoms with van der Waals surface area (Å²) in [5, 5.41) is 12.0. The number of hydrogen-bond acceptors (Lipinski definition) is 4. The molecule has 0 spiro atoms. The minimum atomic E-state index is -0.155. The fourth-order valence-electron chi connectivity index (χ4n) is 4.06. The molecule has 1 aromatic heterocycles. The van der Waals surface area contributed by atoms with Crippen LogP contribution in [0, 0.1) is 18.3 Å². The van der Waals surface area contributed by atoms with Crippen molar-refractivity contribution in [2.24, 2.45) is 0 Å². The van der Waals surface area contributed by atoms with Crippen LogP contribution in [0.3, 0.4) is 0 Å². The van der Waals surface area contributed by atoms with Crippen molar-refractivity contribution in [2.45, 2.75) is 32.6 Å². The number of aromatic nitrogens is 1. The van der Waals surface area contributed by atoms with Crippen molar-refractivity contribution >= 4 is 17.4 Å². The molecule has 0 aliphatic carbocycles. The van der Waals surface area contributed by atoms with Gasteiger partial charge in [-0.2, -0.15) is 5.26 Å². The van der Waals surface area contributed by atoms with E-state index >= 15 is 0 Å². The summed E-state index contributed by atoms with van der Waals surface area (Å²) in [7, 11) is 0. The lowest BCUT2D eigenvalue weighted by Crippen LogP contribution is -2.24. The molecule has 0 unspecified atom stereocenters. The molecule has 5 heteroatoms. The van der Waals surface area contributed by atoms with Gasteiger partial charge < -0.3 is 10.2 Å². The molecular weight excluding hydrogens is 384 g/mol. The summed E-state index contributed by atoms with van der Waals surface area (Å²) in [4.78, 5) is 19.9. The average Bonchev–Trinajstić information content (AvgIpc) is 3.09. The van der Waals surface area contributed by atoms with Crippen LogP contribution in [0.1, 0.15) is 47.2 Å². The molecule has 1 fully saturated rings. The Labute approximate surface area is 183 Å². The molecule has 4 rings (SSSR count). The molecule has 0 bridgehead atoms. The van der Waals surface area contributed by atoms with Crippen LogP contribution in [0.15, 0.2) is 60.8 Å². The highest BCUT2D eigenvalue weighted by molar-refractivity contribution is 6.06. The fourth-order valence-corrected chi connectivity index (χ4v) is 4.06. The van der Waals surface area contributed by atoms with Crippen LogP contribution in [-0.4, -0.2) is 24.0 Å². The molecule has 1 saturated heterocycles. The molecule has 156 valence electrons. The first-order valence-electron chi connectivity index (χ1n) is 10.8. The number of nitrogens with zero attached hydrogens (tertiary/aromatic N) is 3. The third kappa shape index (κ3) is 4.75. The molecule has 1 aliphatic rings. The highest BCUT2D eigenvalue weighted by Crippen LogP contribution is 2.27. The third-order valence-corrected chi connectivity index (χ3v) is 5.84. The van der Waals surface area contributed by atoms with Crippen molar-refractivity contribution < 1.29 is 4.79 Å². The molecule has 2 aromatic carbocycles. The number of hydrogen-bond donors (Lipinski definition) is 1. The van der Waals surface area contributed by atoms with Crippen molar-refractivity contribution in [3.05, 3.63) is 77.5 Å². The van der Waals surface area contributed by atoms with E-state index in [1.165, 1.54) is 25.7 Å². The zero-order valence-electron chi connectivity index (χ0n) is 17.8. The van der Waals surface area contributed by atoms with Gasteiger partial charge in [-0.3, -0.25) is 4.79 Å². The van der Waals surface area contributed by atoms with Gasteiger partial charge in [0.2, 0.25) is 0 Å². The number of nitrogens with one attached hydrogen (secondary N) is 1. The van der Waals surface area contributed by atoms with Gasteiger partial charge in [0.15, 0.2) is 0 Å². The van der Waals surface area contributed by atoms with E-state index in [1.807, 2.05) is 49.4 Å². The summed E-state index contributed by atoms with van der Waals surface area (Å²) < 4.78 is 0. The van der Waals surface area contributed by atoms with Gasteiger partial charge in [0.1, 0.15) is 5.82 Å². The Bertz CT molecular complexity index is 1090. The van der Waals surface area contributed by atoms with Crippen LogP contribution >= 0.6 is 0 Å². The number of rotatable bonds is 4. The van der Waals surface area contributed by atoms with Gasteiger partial charge in [-0.15, -0.1) is 0 Å². The number of pyridine rings is 1. The van der Waals surface area contributed by atoms with Gasteiger partial charge in [-0.05, 0) is 66.8 Å². The fraction of sp³-hybridized carbons (Fsp3) is 0.269. The Kier molecular flexibility index (Phi) is 6.28. The van der Waals surface area contributed by atoms with Crippen LogP contribution in [0.5, 0.6) is 0 Å². The van der Waals surface area contributed by atoms with Crippen molar-refractivity contribution in [3.63, 3.8) is 0 Å². The van der Waals surface area contributed by atoms with Crippen LogP contribution < -0.4 is 10.2 Å². The number of benzene rings is 2. The topological polar surface area (TPSA) is 69.0 Å². The maximum Gasteiger partial charge on any atom is 0.255 e. The minimum absolute atomic E-state index is 0.155. The number of anilines is 2. The first-order chi connectivity index (χ1) is 15.2. The Morgan fingerprint density at radius 1 is 1.00 bits per heavy atom. The first kappa shape index (κ1) is 20.6. The molecule has 1 N–H and O–H groups in total. The van der Waals surface area contributed by atoms with Crippen molar-refractivity contribution in [1.82, 2.24) is 4.98 Å². The third-order valence-electron chi connectivity index (χ3n) is 5.84. The van der Waals surface area contributed by atoms with Crippen LogP contribution in [-0.2, 0) is 0 Å². The molecule has 2 heterocycles. The van der Waals surface area contributed by atoms with Crippen molar-refractivity contribution in [2.75, 3.05) is 23.3 Å². The van der Waals surface area contributed by atoms with Gasteiger partial charge in [-0.1, -0.05) is 37.1 Å². The average molecular weight is 411 g/mol. The number of carbonyl (C=O) groups excluding carboxylic acids is 1. The molecule has 31 heavy (non-hydrogen) atoms. The Balaban J connectivity index is 1.50. The zero-order valence-corrected chi connectivity index (χ0v) is 17.8. The normalized spacial score (nSPS) is 13.9. The standard InChI is InChI=1S/C26H26N4O/c1-19-23(21-11-9-20(17-27)10-12-21)7-6-8-24(19)26(31)29-22-13-14-25(28-18-22)30-15-4-2-3-5-16-30/h6-14,18H,2-5,15-16H2,1H3,(H,29,31). The van der Waals surface area contributed by atoms with E-state index in [4.69, 9.17) is 5.26 Å². The lowest BCUT2D eigenvalue weighted by atomic mass is 9.95. The molecule has 0 atom stereocenters. The van der Waals surface area contributed by atoms with E-state index in [0.717, 1.165) is 35.6 Å². The molecule has 1 amide bonds. The zero-order chi connectivity index (χ0) is 21.6. The van der Waals surface area contributed by atoms with Gasteiger partial charge in [-0.25, -0.2) is 4.98 Å². The molecular formula is C26H26N4O. The SMILES string of the molecule is Cc1c(C(=O)Nc2ccc(N3CCCCCC3)nc2)cccc1-c1ccc(C#N)cc1. The van der Waals surface area contributed by atoms with Crippen molar-refractivity contribution in [1.29, 1.82) is 5.26 Å². The van der Waals surface area contributed by atoms with Crippen LogP contribution in [0.2, 0.25) is 0 Å². The van der Waals surface area contributed by atoms with E-state index in [2.05, 4.69) is 21.3 Å². The summed E-state index contributed by atoms with van der Waals surface area (Å²) >= 11 is 0. The second-order valence-corrected chi connectivity index (χ2v) is 7.93. The molecule has 5 nitrogen and oxygen atoms in total. The molecule has 1 aliphatic heterocycles. The van der Waals surface area contributed by atoms with Gasteiger partial charge in [0, 0.05) is 18.7 Å². The quantitative estimate of drug-likeness (QED) is 0.611. The summed E-state index contributed by atoms with van der Waals surface area (Å²) in [5.74, 6) is 0.816. The van der Waals surface area contributed by atoms with Crippen LogP contribution in [0.4, 0.5) is 11.5 Å². The smallest absolute Gasteiger partial charge is 0.255 e. The van der Waals surface area contributed by atoms with E-state index in [0.29, 0.717) is 16.8 Å². The predicted molar refractivity (Wildman–Crippen MR) is 124 cm³/mol. The van der Waals surface area contributed by atoms with E-state index in [1.54, 1.807) is 18.3 Å². The molecule has 3 aromatic rings. The molecule has 0 saturated carbocycles. The maximum atomic E-state index is 13.0. The van der Waals surface area contributed by atoms with Crippen LogP contribution in [0.25, 0.3) is 11.1 Å². The van der Waals surface area contributed by atoms with Gasteiger partial charge >= 0.3 is 0 Å². The van der Waals surface area contributed by atoms with E-state index < -0.39 is 0 Å². The first-order valence-corrected chi connectivity index (χ1v) is 10.8. The summed E-state index contributed by atoms with van der Waals surface area (Å²) in [6.45, 7) is 4.03. The summed E-state index contributed by atoms with van der Waals surface area (Å²) in [6.07, 6.45) is 6.71. The lowest BCUT2D eigenvalue weighted by molar-refractivity contribution is 0.102. The lowest BCUT2D eigenvalue weighted by Gasteiger charge is -2.21. The Morgan fingerprint density at radius 2 is 1.74 bits per heavy atom. The summed E-state index contributed by atoms with van der Waals surface area (Å²) in [6, 6.07) is 19.1. The van der Waals surface area contributed by atoms with Gasteiger partial charge in [0.25, 0.3) is 5.91 Å². The highest BCUT2D eigenvalue weighted by atomic mass is 16.1. The van der Waals surface area contributed by atoms with Gasteiger partial charge in [0.05, 0.1) is 23.5 Å². The number of carbonyl (C=O) groups is 1. The Morgan fingerprint density at radius 3 is 2.39 bits per heavy atom. The largest absolute Gasteiger partial charge is 0.357 e. The van der Waals surface area contributed by atoms with Crippen molar-refractivity contribution in [3.8, 4) is 17.2 Å². The number of nitriles is 1. The second-order valence-electron chi connectivity index (χ2n) is 7.93. The monoisotopic (exact) mass is 410 g/mol. The summed E-state index contributed by atoms with van der Waals surface area (Å²) in [5.41, 5.74) is 4.79. The Hall–Kier alpha value is -3.65. The number of amides is 1. The van der Waals surface area contributed by atoms with E-state index in [9.17, 15) is 4.79 Å². The minimum Gasteiger partial charge on any atom is -0.357 e.